The molecule has 0 spiro atoms. The van der Waals surface area contributed by atoms with E-state index in [9.17, 15) is 9.59 Å². The Kier molecular flexibility index (Phi) is 4.92. The Bertz CT molecular complexity index is 802. The third-order valence-corrected chi connectivity index (χ3v) is 3.61. The summed E-state index contributed by atoms with van der Waals surface area (Å²) in [7, 11) is 0. The van der Waals surface area contributed by atoms with Crippen LogP contribution in [0.1, 0.15) is 31.2 Å². The van der Waals surface area contributed by atoms with Gasteiger partial charge in [0, 0.05) is 6.07 Å². The lowest BCUT2D eigenvalue weighted by Crippen LogP contribution is -2.18. The van der Waals surface area contributed by atoms with Crippen molar-refractivity contribution in [3.8, 4) is 17.3 Å². The molecule has 1 aliphatic heterocycles. The fourth-order valence-electron chi connectivity index (χ4n) is 2.51. The number of amides is 1. The molecule has 0 fully saturated rings. The number of hydrogen-bond acceptors (Lipinski definition) is 7. The number of fused-ring (bicyclic) bond motifs is 1. The highest BCUT2D eigenvalue weighted by atomic mass is 16.5. The Morgan fingerprint density at radius 1 is 1.40 bits per heavy atom. The topological polar surface area (TPSA) is 119 Å². The van der Waals surface area contributed by atoms with Gasteiger partial charge in [-0.05, 0) is 26.7 Å². The Labute approximate surface area is 144 Å². The van der Waals surface area contributed by atoms with Gasteiger partial charge in [0.25, 0.3) is 0 Å². The van der Waals surface area contributed by atoms with Gasteiger partial charge in [-0.2, -0.15) is 5.10 Å². The zero-order valence-corrected chi connectivity index (χ0v) is 14.1. The van der Waals surface area contributed by atoms with Crippen molar-refractivity contribution < 1.29 is 19.1 Å². The second kappa shape index (κ2) is 7.29. The van der Waals surface area contributed by atoms with Gasteiger partial charge >= 0.3 is 5.97 Å². The molecule has 132 valence electrons. The van der Waals surface area contributed by atoms with E-state index < -0.39 is 11.9 Å². The standard InChI is InChI=1S/C16H19N5O4/c1-3-24-14(23)8-13(22)19-12-7-11(20-21-12)15-9(2)17-16-10(18-15)5-4-6-25-16/h7H,3-6,8H2,1-2H3,(H2,19,20,21,22). The number of carbonyl (C=O) groups is 2. The molecule has 0 bridgehead atoms. The first-order valence-electron chi connectivity index (χ1n) is 8.08. The number of hydrogen-bond donors (Lipinski definition) is 2. The number of ether oxygens (including phenoxy) is 2. The van der Waals surface area contributed by atoms with E-state index in [2.05, 4.69) is 25.5 Å². The van der Waals surface area contributed by atoms with Crippen molar-refractivity contribution in [2.45, 2.75) is 33.1 Å². The van der Waals surface area contributed by atoms with E-state index in [1.807, 2.05) is 6.92 Å². The molecule has 2 aromatic rings. The fraction of sp³-hybridized carbons (Fsp3) is 0.438. The third-order valence-electron chi connectivity index (χ3n) is 3.61. The monoisotopic (exact) mass is 345 g/mol. The summed E-state index contributed by atoms with van der Waals surface area (Å²) < 4.78 is 10.2. The van der Waals surface area contributed by atoms with E-state index in [0.29, 0.717) is 35.4 Å². The predicted molar refractivity (Wildman–Crippen MR) is 88.0 cm³/mol. The van der Waals surface area contributed by atoms with Gasteiger partial charge in [-0.15, -0.1) is 0 Å². The Balaban J connectivity index is 1.73. The zero-order valence-electron chi connectivity index (χ0n) is 14.1. The van der Waals surface area contributed by atoms with Crippen LogP contribution >= 0.6 is 0 Å². The summed E-state index contributed by atoms with van der Waals surface area (Å²) in [6.07, 6.45) is 1.36. The van der Waals surface area contributed by atoms with Crippen molar-refractivity contribution in [3.05, 3.63) is 17.5 Å². The van der Waals surface area contributed by atoms with Crippen LogP contribution in [-0.4, -0.2) is 45.3 Å². The molecule has 2 N–H and O–H groups in total. The first kappa shape index (κ1) is 16.9. The summed E-state index contributed by atoms with van der Waals surface area (Å²) in [5.41, 5.74) is 2.80. The van der Waals surface area contributed by atoms with Crippen LogP contribution in [0.15, 0.2) is 6.07 Å². The molecular formula is C16H19N5O4. The number of aromatic nitrogens is 4. The molecule has 0 radical (unpaired) electrons. The lowest BCUT2D eigenvalue weighted by atomic mass is 10.1. The van der Waals surface area contributed by atoms with Gasteiger partial charge in [-0.25, -0.2) is 9.97 Å². The zero-order chi connectivity index (χ0) is 17.8. The minimum absolute atomic E-state index is 0.235. The molecule has 0 saturated heterocycles. The first-order valence-corrected chi connectivity index (χ1v) is 8.08. The molecule has 1 aliphatic rings. The molecule has 1 amide bonds. The minimum Gasteiger partial charge on any atom is -0.476 e. The summed E-state index contributed by atoms with van der Waals surface area (Å²) in [5.74, 6) is -0.181. The molecule has 0 unspecified atom stereocenters. The Hall–Kier alpha value is -2.97. The number of rotatable bonds is 5. The molecule has 3 heterocycles. The average molecular weight is 345 g/mol. The van der Waals surface area contributed by atoms with Crippen molar-refractivity contribution in [1.82, 2.24) is 20.2 Å². The summed E-state index contributed by atoms with van der Waals surface area (Å²) in [6.45, 7) is 4.41. The largest absolute Gasteiger partial charge is 0.476 e. The van der Waals surface area contributed by atoms with Gasteiger partial charge in [-0.3, -0.25) is 14.7 Å². The highest BCUT2D eigenvalue weighted by Crippen LogP contribution is 2.27. The lowest BCUT2D eigenvalue weighted by molar-refractivity contribution is -0.145. The maximum absolute atomic E-state index is 11.8. The van der Waals surface area contributed by atoms with Crippen molar-refractivity contribution in [1.29, 1.82) is 0 Å². The third kappa shape index (κ3) is 3.93. The Morgan fingerprint density at radius 2 is 2.24 bits per heavy atom. The van der Waals surface area contributed by atoms with Gasteiger partial charge in [-0.1, -0.05) is 0 Å². The smallest absolute Gasteiger partial charge is 0.315 e. The first-order chi connectivity index (χ1) is 12.1. The SMILES string of the molecule is CCOC(=O)CC(=O)Nc1cc(-c2nc3c(nc2C)OCCC3)[nH]n1. The summed E-state index contributed by atoms with van der Waals surface area (Å²) in [6, 6.07) is 1.65. The van der Waals surface area contributed by atoms with Crippen molar-refractivity contribution >= 4 is 17.7 Å². The maximum Gasteiger partial charge on any atom is 0.315 e. The second-order valence-corrected chi connectivity index (χ2v) is 5.56. The number of H-pyrrole nitrogens is 1. The molecular weight excluding hydrogens is 326 g/mol. The number of anilines is 1. The number of carbonyl (C=O) groups excluding carboxylic acids is 2. The number of nitrogens with zero attached hydrogens (tertiary/aromatic N) is 3. The van der Waals surface area contributed by atoms with Crippen LogP contribution in [0.5, 0.6) is 5.88 Å². The van der Waals surface area contributed by atoms with Gasteiger partial charge in [0.2, 0.25) is 11.8 Å². The van der Waals surface area contributed by atoms with E-state index >= 15 is 0 Å². The predicted octanol–water partition coefficient (Wildman–Crippen LogP) is 1.39. The van der Waals surface area contributed by atoms with Gasteiger partial charge in [0.15, 0.2) is 5.82 Å². The highest BCUT2D eigenvalue weighted by Gasteiger charge is 2.19. The molecule has 0 saturated carbocycles. The normalized spacial score (nSPS) is 12.9. The number of aromatic amines is 1. The number of esters is 1. The summed E-state index contributed by atoms with van der Waals surface area (Å²) in [4.78, 5) is 32.1. The van der Waals surface area contributed by atoms with E-state index in [-0.39, 0.29) is 13.0 Å². The van der Waals surface area contributed by atoms with Gasteiger partial charge in [0.1, 0.15) is 17.8 Å². The molecule has 0 aliphatic carbocycles. The lowest BCUT2D eigenvalue weighted by Gasteiger charge is -2.16. The van der Waals surface area contributed by atoms with Crippen molar-refractivity contribution in [2.24, 2.45) is 0 Å². The van der Waals surface area contributed by atoms with E-state index in [1.54, 1.807) is 13.0 Å². The molecule has 3 rings (SSSR count). The summed E-state index contributed by atoms with van der Waals surface area (Å²) >= 11 is 0. The van der Waals surface area contributed by atoms with Crippen LogP contribution in [-0.2, 0) is 20.7 Å². The fourth-order valence-corrected chi connectivity index (χ4v) is 2.51. The van der Waals surface area contributed by atoms with Crippen molar-refractivity contribution in [3.63, 3.8) is 0 Å². The molecule has 9 nitrogen and oxygen atoms in total. The molecule has 2 aromatic heterocycles. The quantitative estimate of drug-likeness (QED) is 0.621. The molecule has 25 heavy (non-hydrogen) atoms. The van der Waals surface area contributed by atoms with Gasteiger partial charge in [0.05, 0.1) is 24.6 Å². The van der Waals surface area contributed by atoms with Crippen molar-refractivity contribution in [2.75, 3.05) is 18.5 Å². The van der Waals surface area contributed by atoms with E-state index in [0.717, 1.165) is 18.5 Å². The Morgan fingerprint density at radius 3 is 3.04 bits per heavy atom. The minimum atomic E-state index is -0.577. The van der Waals surface area contributed by atoms with Crippen LogP contribution in [0.25, 0.3) is 11.4 Å². The van der Waals surface area contributed by atoms with Crippen LogP contribution < -0.4 is 10.1 Å². The van der Waals surface area contributed by atoms with Crippen LogP contribution in [0.3, 0.4) is 0 Å². The van der Waals surface area contributed by atoms with E-state index in [4.69, 9.17) is 9.47 Å². The summed E-state index contributed by atoms with van der Waals surface area (Å²) in [5, 5.41) is 9.41. The maximum atomic E-state index is 11.8. The average Bonchev–Trinajstić information content (AvgIpc) is 3.02. The molecule has 9 heteroatoms. The molecule has 0 aromatic carbocycles. The number of nitrogens with one attached hydrogen (secondary N) is 2. The van der Waals surface area contributed by atoms with E-state index in [1.165, 1.54) is 0 Å². The second-order valence-electron chi connectivity index (χ2n) is 5.56. The van der Waals surface area contributed by atoms with Gasteiger partial charge < -0.3 is 14.8 Å². The number of aryl methyl sites for hydroxylation is 2. The van der Waals surface area contributed by atoms with Crippen LogP contribution in [0.4, 0.5) is 5.82 Å². The van der Waals surface area contributed by atoms with Crippen LogP contribution in [0, 0.1) is 6.92 Å². The molecule has 0 atom stereocenters. The highest BCUT2D eigenvalue weighted by molar-refractivity contribution is 6.01. The van der Waals surface area contributed by atoms with Crippen LogP contribution in [0.2, 0.25) is 0 Å².